The fourth-order valence-electron chi connectivity index (χ4n) is 1.87. The van der Waals surface area contributed by atoms with E-state index in [0.29, 0.717) is 11.4 Å². The molecular formula is C14H21ClN2O. The molecule has 0 radical (unpaired) electrons. The lowest BCUT2D eigenvalue weighted by Crippen LogP contribution is -2.42. The van der Waals surface area contributed by atoms with E-state index in [1.165, 1.54) is 0 Å². The second-order valence-electron chi connectivity index (χ2n) is 4.42. The fourth-order valence-corrected chi connectivity index (χ4v) is 2.06. The molecule has 2 atom stereocenters. The Bertz CT molecular complexity index is 395. The molecule has 0 heterocycles. The molecule has 0 aliphatic heterocycles. The summed E-state index contributed by atoms with van der Waals surface area (Å²) in [6.45, 7) is 4.04. The van der Waals surface area contributed by atoms with Crippen molar-refractivity contribution in [3.05, 3.63) is 34.9 Å². The summed E-state index contributed by atoms with van der Waals surface area (Å²) in [5.41, 5.74) is 6.82. The van der Waals surface area contributed by atoms with Gasteiger partial charge in [-0.2, -0.15) is 0 Å². The average Bonchev–Trinajstić information content (AvgIpc) is 2.35. The summed E-state index contributed by atoms with van der Waals surface area (Å²) < 4.78 is 0. The van der Waals surface area contributed by atoms with Gasteiger partial charge in [0.2, 0.25) is 5.91 Å². The maximum atomic E-state index is 11.9. The molecule has 0 aliphatic rings. The topological polar surface area (TPSA) is 55.1 Å². The lowest BCUT2D eigenvalue weighted by molar-refractivity contribution is -0.123. The zero-order valence-corrected chi connectivity index (χ0v) is 11.7. The maximum Gasteiger partial charge on any atom is 0.237 e. The third kappa shape index (κ3) is 4.31. The van der Waals surface area contributed by atoms with Gasteiger partial charge in [0.05, 0.1) is 12.1 Å². The van der Waals surface area contributed by atoms with E-state index in [1.807, 2.05) is 38.1 Å². The van der Waals surface area contributed by atoms with Gasteiger partial charge in [-0.25, -0.2) is 0 Å². The minimum absolute atomic E-state index is 0.0286. The van der Waals surface area contributed by atoms with Crippen molar-refractivity contribution in [1.82, 2.24) is 5.32 Å². The fraction of sp³-hybridized carbons (Fsp3) is 0.500. The molecule has 0 aromatic heterocycles. The van der Waals surface area contributed by atoms with Crippen molar-refractivity contribution in [2.45, 2.75) is 45.2 Å². The second-order valence-corrected chi connectivity index (χ2v) is 4.86. The van der Waals surface area contributed by atoms with E-state index in [9.17, 15) is 4.79 Å². The number of nitrogens with one attached hydrogen (secondary N) is 1. The van der Waals surface area contributed by atoms with Crippen molar-refractivity contribution in [3.8, 4) is 0 Å². The van der Waals surface area contributed by atoms with Gasteiger partial charge in [0.15, 0.2) is 0 Å². The molecule has 100 valence electrons. The Kier molecular flexibility index (Phi) is 6.16. The first-order valence-corrected chi connectivity index (χ1v) is 6.77. The number of halogens is 1. The van der Waals surface area contributed by atoms with Crippen molar-refractivity contribution in [3.63, 3.8) is 0 Å². The molecule has 0 saturated carbocycles. The SMILES string of the molecule is CCCC(N)C(=O)NC(CC)c1cccc(Cl)c1. The highest BCUT2D eigenvalue weighted by molar-refractivity contribution is 6.30. The lowest BCUT2D eigenvalue weighted by Gasteiger charge is -2.20. The van der Waals surface area contributed by atoms with Crippen LogP contribution < -0.4 is 11.1 Å². The smallest absolute Gasteiger partial charge is 0.237 e. The van der Waals surface area contributed by atoms with Crippen LogP contribution in [0.4, 0.5) is 0 Å². The highest BCUT2D eigenvalue weighted by atomic mass is 35.5. The van der Waals surface area contributed by atoms with Crippen LogP contribution in [0.1, 0.15) is 44.7 Å². The van der Waals surface area contributed by atoms with E-state index >= 15 is 0 Å². The Morgan fingerprint density at radius 3 is 2.72 bits per heavy atom. The third-order valence-electron chi connectivity index (χ3n) is 2.91. The van der Waals surface area contributed by atoms with Crippen LogP contribution in [0.3, 0.4) is 0 Å². The number of hydrogen-bond acceptors (Lipinski definition) is 2. The van der Waals surface area contributed by atoms with Crippen LogP contribution in [0.2, 0.25) is 5.02 Å². The zero-order valence-electron chi connectivity index (χ0n) is 10.9. The lowest BCUT2D eigenvalue weighted by atomic mass is 10.0. The Labute approximate surface area is 114 Å². The normalized spacial score (nSPS) is 14.0. The Balaban J connectivity index is 2.70. The average molecular weight is 269 g/mol. The number of benzene rings is 1. The Hall–Kier alpha value is -1.06. The predicted molar refractivity (Wildman–Crippen MR) is 75.5 cm³/mol. The monoisotopic (exact) mass is 268 g/mol. The van der Waals surface area contributed by atoms with Gasteiger partial charge >= 0.3 is 0 Å². The zero-order chi connectivity index (χ0) is 13.5. The van der Waals surface area contributed by atoms with Crippen LogP contribution >= 0.6 is 11.6 Å². The molecule has 18 heavy (non-hydrogen) atoms. The van der Waals surface area contributed by atoms with E-state index < -0.39 is 6.04 Å². The molecule has 4 heteroatoms. The van der Waals surface area contributed by atoms with Gasteiger partial charge < -0.3 is 11.1 Å². The second kappa shape index (κ2) is 7.39. The van der Waals surface area contributed by atoms with E-state index in [4.69, 9.17) is 17.3 Å². The van der Waals surface area contributed by atoms with Gasteiger partial charge in [0, 0.05) is 5.02 Å². The third-order valence-corrected chi connectivity index (χ3v) is 3.15. The first-order valence-electron chi connectivity index (χ1n) is 6.39. The number of rotatable bonds is 6. The van der Waals surface area contributed by atoms with Gasteiger partial charge in [0.1, 0.15) is 0 Å². The number of nitrogens with two attached hydrogens (primary N) is 1. The van der Waals surface area contributed by atoms with Crippen LogP contribution in [0.5, 0.6) is 0 Å². The maximum absolute atomic E-state index is 11.9. The van der Waals surface area contributed by atoms with Crippen LogP contribution in [0, 0.1) is 0 Å². The van der Waals surface area contributed by atoms with E-state index in [2.05, 4.69) is 5.32 Å². The van der Waals surface area contributed by atoms with Crippen molar-refractivity contribution >= 4 is 17.5 Å². The molecule has 0 fully saturated rings. The molecule has 0 aliphatic carbocycles. The molecule has 3 nitrogen and oxygen atoms in total. The highest BCUT2D eigenvalue weighted by Crippen LogP contribution is 2.20. The first kappa shape index (κ1) is 15.0. The van der Waals surface area contributed by atoms with E-state index in [-0.39, 0.29) is 11.9 Å². The Morgan fingerprint density at radius 2 is 2.17 bits per heavy atom. The summed E-state index contributed by atoms with van der Waals surface area (Å²) in [4.78, 5) is 11.9. The highest BCUT2D eigenvalue weighted by Gasteiger charge is 2.17. The van der Waals surface area contributed by atoms with Crippen molar-refractivity contribution in [1.29, 1.82) is 0 Å². The summed E-state index contributed by atoms with van der Waals surface area (Å²) in [6.07, 6.45) is 2.42. The number of amides is 1. The minimum Gasteiger partial charge on any atom is -0.348 e. The van der Waals surface area contributed by atoms with E-state index in [1.54, 1.807) is 0 Å². The summed E-state index contributed by atoms with van der Waals surface area (Å²) in [7, 11) is 0. The predicted octanol–water partition coefficient (Wildman–Crippen LogP) is 3.03. The summed E-state index contributed by atoms with van der Waals surface area (Å²) in [6, 6.07) is 7.09. The van der Waals surface area contributed by atoms with Crippen molar-refractivity contribution in [2.24, 2.45) is 5.73 Å². The Morgan fingerprint density at radius 1 is 1.44 bits per heavy atom. The quantitative estimate of drug-likeness (QED) is 0.833. The number of carbonyl (C=O) groups is 1. The van der Waals surface area contributed by atoms with Crippen molar-refractivity contribution < 1.29 is 4.79 Å². The summed E-state index contributed by atoms with van der Waals surface area (Å²) in [5, 5.41) is 3.65. The van der Waals surface area contributed by atoms with Gasteiger partial charge in [-0.1, -0.05) is 44.0 Å². The molecular weight excluding hydrogens is 248 g/mol. The molecule has 1 aromatic carbocycles. The molecule has 1 rings (SSSR count). The number of carbonyl (C=O) groups excluding carboxylic acids is 1. The molecule has 3 N–H and O–H groups in total. The van der Waals surface area contributed by atoms with Crippen LogP contribution in [0.15, 0.2) is 24.3 Å². The molecule has 0 spiro atoms. The van der Waals surface area contributed by atoms with E-state index in [0.717, 1.165) is 18.4 Å². The molecule has 0 bridgehead atoms. The van der Waals surface area contributed by atoms with Crippen LogP contribution in [-0.4, -0.2) is 11.9 Å². The van der Waals surface area contributed by atoms with Gasteiger partial charge in [-0.3, -0.25) is 4.79 Å². The molecule has 2 unspecified atom stereocenters. The number of hydrogen-bond donors (Lipinski definition) is 2. The van der Waals surface area contributed by atoms with Gasteiger partial charge in [-0.15, -0.1) is 0 Å². The van der Waals surface area contributed by atoms with Gasteiger partial charge in [-0.05, 0) is 30.5 Å². The van der Waals surface area contributed by atoms with Crippen LogP contribution in [0.25, 0.3) is 0 Å². The van der Waals surface area contributed by atoms with Crippen molar-refractivity contribution in [2.75, 3.05) is 0 Å². The largest absolute Gasteiger partial charge is 0.348 e. The summed E-state index contributed by atoms with van der Waals surface area (Å²) >= 11 is 5.96. The van der Waals surface area contributed by atoms with Crippen LogP contribution in [-0.2, 0) is 4.79 Å². The summed E-state index contributed by atoms with van der Waals surface area (Å²) in [5.74, 6) is -0.0938. The minimum atomic E-state index is -0.428. The molecule has 1 amide bonds. The molecule has 1 aromatic rings. The first-order chi connectivity index (χ1) is 8.58. The molecule has 0 saturated heterocycles. The standard InChI is InChI=1S/C14H21ClN2O/c1-3-6-12(16)14(18)17-13(4-2)10-7-5-8-11(15)9-10/h5,7-9,12-13H,3-4,6,16H2,1-2H3,(H,17,18). The van der Waals surface area contributed by atoms with Gasteiger partial charge in [0.25, 0.3) is 0 Å².